The fourth-order valence-electron chi connectivity index (χ4n) is 3.48. The SMILES string of the molecule is CCO/N=C(\C)c1ccc2ccccc2c1[O-].CCO/N=C(\C)c1ccc2ccccc2c1[O-].[Cu+2]. The first-order chi connectivity index (χ1) is 16.5. The summed E-state index contributed by atoms with van der Waals surface area (Å²) in [5.74, 6) is 0.00751. The smallest absolute Gasteiger partial charge is 0.872 e. The van der Waals surface area contributed by atoms with Gasteiger partial charge in [-0.1, -0.05) is 94.6 Å². The summed E-state index contributed by atoms with van der Waals surface area (Å²) < 4.78 is 0. The van der Waals surface area contributed by atoms with Gasteiger partial charge in [0.25, 0.3) is 0 Å². The standard InChI is InChI=1S/2C14H15NO2.Cu/c2*1-3-17-15-10(2)12-9-8-11-6-4-5-7-13(11)14(12)16;/h2*4-9,16H,3H2,1-2H3;/q;;+2/p-2/b2*15-10+;. The molecule has 0 bridgehead atoms. The summed E-state index contributed by atoms with van der Waals surface area (Å²) >= 11 is 0. The van der Waals surface area contributed by atoms with Gasteiger partial charge in [0.1, 0.15) is 13.2 Å². The van der Waals surface area contributed by atoms with Crippen molar-refractivity contribution in [2.45, 2.75) is 27.7 Å². The molecule has 0 saturated heterocycles. The molecular weight excluding hydrogens is 492 g/mol. The Morgan fingerprint density at radius 2 is 1.00 bits per heavy atom. The number of fused-ring (bicyclic) bond motifs is 2. The summed E-state index contributed by atoms with van der Waals surface area (Å²) in [5.41, 5.74) is 2.42. The Hall–Kier alpha value is -3.54. The molecule has 0 atom stereocenters. The van der Waals surface area contributed by atoms with Gasteiger partial charge in [0.2, 0.25) is 0 Å². The van der Waals surface area contributed by atoms with Crippen molar-refractivity contribution in [2.24, 2.45) is 10.3 Å². The van der Waals surface area contributed by atoms with Gasteiger partial charge < -0.3 is 19.9 Å². The second-order valence-electron chi connectivity index (χ2n) is 7.52. The van der Waals surface area contributed by atoms with Crippen LogP contribution in [-0.4, -0.2) is 24.6 Å². The molecule has 4 aromatic rings. The van der Waals surface area contributed by atoms with Crippen molar-refractivity contribution >= 4 is 33.0 Å². The van der Waals surface area contributed by atoms with Gasteiger partial charge in [-0.25, -0.2) is 0 Å². The molecule has 0 saturated carbocycles. The van der Waals surface area contributed by atoms with Gasteiger partial charge in [0.05, 0.1) is 11.4 Å². The number of nitrogens with zero attached hydrogens (tertiary/aromatic N) is 2. The third kappa shape index (κ3) is 6.75. The summed E-state index contributed by atoms with van der Waals surface area (Å²) in [6.45, 7) is 8.27. The van der Waals surface area contributed by atoms with E-state index in [1.165, 1.54) is 0 Å². The van der Waals surface area contributed by atoms with Crippen molar-refractivity contribution in [3.05, 3.63) is 83.9 Å². The van der Waals surface area contributed by atoms with E-state index in [1.54, 1.807) is 26.0 Å². The van der Waals surface area contributed by atoms with Crippen molar-refractivity contribution < 1.29 is 37.0 Å². The Kier molecular flexibility index (Phi) is 10.6. The number of oxime groups is 2. The predicted octanol–water partition coefficient (Wildman–Crippen LogP) is 5.35. The predicted molar refractivity (Wildman–Crippen MR) is 134 cm³/mol. The molecule has 0 unspecified atom stereocenters. The van der Waals surface area contributed by atoms with E-state index in [0.29, 0.717) is 35.8 Å². The van der Waals surface area contributed by atoms with Gasteiger partial charge in [0.15, 0.2) is 0 Å². The minimum absolute atomic E-state index is 0. The van der Waals surface area contributed by atoms with Crippen LogP contribution >= 0.6 is 0 Å². The fourth-order valence-corrected chi connectivity index (χ4v) is 3.48. The van der Waals surface area contributed by atoms with Gasteiger partial charge in [-0.3, -0.25) is 0 Å². The average Bonchev–Trinajstić information content (AvgIpc) is 2.87. The van der Waals surface area contributed by atoms with Gasteiger partial charge in [0, 0.05) is 0 Å². The van der Waals surface area contributed by atoms with Crippen LogP contribution < -0.4 is 10.2 Å². The van der Waals surface area contributed by atoms with E-state index in [4.69, 9.17) is 9.68 Å². The molecule has 35 heavy (non-hydrogen) atoms. The van der Waals surface area contributed by atoms with E-state index in [2.05, 4.69) is 10.3 Å². The van der Waals surface area contributed by atoms with Gasteiger partial charge in [-0.15, -0.1) is 0 Å². The molecule has 1 radical (unpaired) electrons. The molecule has 0 fully saturated rings. The van der Waals surface area contributed by atoms with Gasteiger partial charge in [-0.05, 0) is 60.4 Å². The zero-order valence-electron chi connectivity index (χ0n) is 20.2. The summed E-state index contributed by atoms with van der Waals surface area (Å²) in [6.07, 6.45) is 0. The van der Waals surface area contributed by atoms with Crippen LogP contribution in [0.3, 0.4) is 0 Å². The molecule has 0 aromatic heterocycles. The Morgan fingerprint density at radius 1 is 0.629 bits per heavy atom. The molecule has 0 heterocycles. The Bertz CT molecular complexity index is 1230. The minimum atomic E-state index is 0. The van der Waals surface area contributed by atoms with E-state index < -0.39 is 0 Å². The van der Waals surface area contributed by atoms with E-state index in [-0.39, 0.29) is 28.6 Å². The first kappa shape index (κ1) is 27.7. The van der Waals surface area contributed by atoms with Crippen molar-refractivity contribution in [2.75, 3.05) is 13.2 Å². The maximum absolute atomic E-state index is 12.2. The van der Waals surface area contributed by atoms with E-state index in [9.17, 15) is 10.2 Å². The molecule has 0 aliphatic rings. The number of hydrogen-bond acceptors (Lipinski definition) is 6. The van der Waals surface area contributed by atoms with Crippen LogP contribution in [0.25, 0.3) is 21.5 Å². The molecule has 0 spiro atoms. The van der Waals surface area contributed by atoms with Crippen LogP contribution in [0.2, 0.25) is 0 Å². The first-order valence-corrected chi connectivity index (χ1v) is 11.2. The molecule has 0 N–H and O–H groups in total. The molecule has 4 rings (SSSR count). The molecule has 0 amide bonds. The van der Waals surface area contributed by atoms with Crippen LogP contribution in [-0.2, 0) is 26.7 Å². The van der Waals surface area contributed by atoms with E-state index >= 15 is 0 Å². The normalized spacial score (nSPS) is 11.4. The summed E-state index contributed by atoms with van der Waals surface area (Å²) in [6, 6.07) is 22.5. The van der Waals surface area contributed by atoms with Crippen LogP contribution in [0.5, 0.6) is 11.5 Å². The molecule has 185 valence electrons. The number of hydrogen-bond donors (Lipinski definition) is 0. The average molecular weight is 520 g/mol. The Labute approximate surface area is 216 Å². The monoisotopic (exact) mass is 519 g/mol. The third-order valence-corrected chi connectivity index (χ3v) is 5.20. The van der Waals surface area contributed by atoms with Crippen LogP contribution in [0, 0.1) is 0 Å². The van der Waals surface area contributed by atoms with Crippen molar-refractivity contribution in [1.82, 2.24) is 0 Å². The first-order valence-electron chi connectivity index (χ1n) is 11.2. The zero-order valence-corrected chi connectivity index (χ0v) is 21.1. The molecule has 4 aromatic carbocycles. The third-order valence-electron chi connectivity index (χ3n) is 5.20. The molecule has 7 heteroatoms. The molecular formula is C28H28CuN2O4. The topological polar surface area (TPSA) is 89.3 Å². The summed E-state index contributed by atoms with van der Waals surface area (Å²) in [7, 11) is 0. The maximum atomic E-state index is 12.2. The fraction of sp³-hybridized carbons (Fsp3) is 0.214. The Balaban J connectivity index is 0.000000240. The minimum Gasteiger partial charge on any atom is -0.872 e. The van der Waals surface area contributed by atoms with Crippen molar-refractivity contribution in [3.63, 3.8) is 0 Å². The summed E-state index contributed by atoms with van der Waals surface area (Å²) in [4.78, 5) is 9.93. The van der Waals surface area contributed by atoms with Crippen LogP contribution in [0.1, 0.15) is 38.8 Å². The second-order valence-corrected chi connectivity index (χ2v) is 7.52. The van der Waals surface area contributed by atoms with Gasteiger partial charge >= 0.3 is 17.1 Å². The maximum Gasteiger partial charge on any atom is 2.00 e. The molecule has 0 aliphatic heterocycles. The molecule has 0 aliphatic carbocycles. The largest absolute Gasteiger partial charge is 2.00 e. The molecule has 6 nitrogen and oxygen atoms in total. The summed E-state index contributed by atoms with van der Waals surface area (Å²) in [5, 5.41) is 35.5. The van der Waals surface area contributed by atoms with E-state index in [1.807, 2.05) is 74.5 Å². The number of benzene rings is 4. The zero-order chi connectivity index (χ0) is 24.5. The number of rotatable bonds is 6. The Morgan fingerprint density at radius 3 is 1.37 bits per heavy atom. The van der Waals surface area contributed by atoms with Crippen LogP contribution in [0.4, 0.5) is 0 Å². The van der Waals surface area contributed by atoms with Crippen molar-refractivity contribution in [3.8, 4) is 11.5 Å². The van der Waals surface area contributed by atoms with E-state index in [0.717, 1.165) is 21.5 Å². The van der Waals surface area contributed by atoms with Crippen LogP contribution in [0.15, 0.2) is 83.1 Å². The van der Waals surface area contributed by atoms with Gasteiger partial charge in [-0.2, -0.15) is 0 Å². The van der Waals surface area contributed by atoms with Crippen molar-refractivity contribution in [1.29, 1.82) is 0 Å². The second kappa shape index (κ2) is 13.4. The quantitative estimate of drug-likeness (QED) is 0.195.